The smallest absolute Gasteiger partial charge is 0.253 e. The second kappa shape index (κ2) is 10.5. The molecule has 3 atom stereocenters. The van der Waals surface area contributed by atoms with Gasteiger partial charge >= 0.3 is 0 Å². The molecule has 0 radical (unpaired) electrons. The van der Waals surface area contributed by atoms with Crippen molar-refractivity contribution in [3.63, 3.8) is 0 Å². The van der Waals surface area contributed by atoms with Gasteiger partial charge in [-0.15, -0.1) is 0 Å². The van der Waals surface area contributed by atoms with E-state index in [2.05, 4.69) is 25.5 Å². The van der Waals surface area contributed by atoms with Gasteiger partial charge in [0.05, 0.1) is 12.2 Å². The molecule has 0 saturated carbocycles. The summed E-state index contributed by atoms with van der Waals surface area (Å²) in [7, 11) is 0. The molecule has 2 aliphatic rings. The minimum absolute atomic E-state index is 0.0321. The Morgan fingerprint density at radius 1 is 1.03 bits per heavy atom. The number of aliphatic hydroxyl groups is 1. The van der Waals surface area contributed by atoms with Crippen LogP contribution in [0.4, 0.5) is 5.82 Å². The molecule has 4 heterocycles. The topological polar surface area (TPSA) is 107 Å². The predicted molar refractivity (Wildman–Crippen MR) is 137 cm³/mol. The van der Waals surface area contributed by atoms with Gasteiger partial charge in [-0.05, 0) is 73.6 Å². The van der Waals surface area contributed by atoms with Gasteiger partial charge in [-0.1, -0.05) is 18.2 Å². The van der Waals surface area contributed by atoms with Crippen molar-refractivity contribution in [3.8, 4) is 0 Å². The standard InChI is InChI=1S/C28H31N5O3/c1-18-11-19(17-34)4-8-25(18)28(36)32-22-12-23-6-7-24(13-22)33(23)26-9-5-21(16-30-26)27(35)31-15-20-3-2-10-29-14-20/h2-5,8-11,14,16,22-24,34H,6-7,12-13,15,17H2,1H3,(H,31,35)(H,32,36)/t22?,23-,24+. The highest BCUT2D eigenvalue weighted by molar-refractivity contribution is 5.96. The van der Waals surface area contributed by atoms with Crippen molar-refractivity contribution in [3.05, 3.63) is 88.9 Å². The molecule has 8 heteroatoms. The Hall–Kier alpha value is -3.78. The molecule has 36 heavy (non-hydrogen) atoms. The molecule has 2 aromatic heterocycles. The summed E-state index contributed by atoms with van der Waals surface area (Å²) in [6.07, 6.45) is 8.94. The number of hydrogen-bond acceptors (Lipinski definition) is 6. The van der Waals surface area contributed by atoms with E-state index in [0.29, 0.717) is 29.8 Å². The summed E-state index contributed by atoms with van der Waals surface area (Å²) in [6, 6.07) is 13.7. The van der Waals surface area contributed by atoms with Crippen LogP contribution in [0.1, 0.15) is 63.1 Å². The van der Waals surface area contributed by atoms with Crippen molar-refractivity contribution in [2.45, 2.75) is 63.9 Å². The molecule has 0 spiro atoms. The van der Waals surface area contributed by atoms with E-state index in [0.717, 1.165) is 48.2 Å². The van der Waals surface area contributed by atoms with Crippen LogP contribution in [0.3, 0.4) is 0 Å². The van der Waals surface area contributed by atoms with Crippen molar-refractivity contribution < 1.29 is 14.7 Å². The van der Waals surface area contributed by atoms with E-state index in [4.69, 9.17) is 0 Å². The summed E-state index contributed by atoms with van der Waals surface area (Å²) < 4.78 is 0. The van der Waals surface area contributed by atoms with Gasteiger partial charge in [0, 0.05) is 48.8 Å². The lowest BCUT2D eigenvalue weighted by Crippen LogP contribution is -2.50. The van der Waals surface area contributed by atoms with E-state index < -0.39 is 0 Å². The molecule has 2 aliphatic heterocycles. The number of hydrogen-bond donors (Lipinski definition) is 3. The molecular weight excluding hydrogens is 454 g/mol. The second-order valence-electron chi connectivity index (χ2n) is 9.69. The SMILES string of the molecule is Cc1cc(CO)ccc1C(=O)NC1C[C@H]2CC[C@@H](C1)N2c1ccc(C(=O)NCc2cccnc2)cn1. The summed E-state index contributed by atoms with van der Waals surface area (Å²) in [5.41, 5.74) is 3.80. The molecule has 0 aliphatic carbocycles. The van der Waals surface area contributed by atoms with Crippen LogP contribution in [0.5, 0.6) is 0 Å². The van der Waals surface area contributed by atoms with Gasteiger partial charge in [-0.3, -0.25) is 14.6 Å². The molecule has 8 nitrogen and oxygen atoms in total. The van der Waals surface area contributed by atoms with Gasteiger partial charge in [-0.2, -0.15) is 0 Å². The van der Waals surface area contributed by atoms with Crippen molar-refractivity contribution in [1.29, 1.82) is 0 Å². The number of carbonyl (C=O) groups excluding carboxylic acids is 2. The Bertz CT molecular complexity index is 1220. The second-order valence-corrected chi connectivity index (χ2v) is 9.69. The molecule has 3 N–H and O–H groups in total. The average Bonchev–Trinajstić information content (AvgIpc) is 3.17. The van der Waals surface area contributed by atoms with Gasteiger partial charge in [0.25, 0.3) is 11.8 Å². The highest BCUT2D eigenvalue weighted by Gasteiger charge is 2.41. The third-order valence-corrected chi connectivity index (χ3v) is 7.24. The maximum Gasteiger partial charge on any atom is 0.253 e. The summed E-state index contributed by atoms with van der Waals surface area (Å²) in [4.78, 5) is 36.5. The lowest BCUT2D eigenvalue weighted by atomic mass is 9.96. The van der Waals surface area contributed by atoms with Crippen LogP contribution in [-0.4, -0.2) is 45.0 Å². The lowest BCUT2D eigenvalue weighted by Gasteiger charge is -2.40. The maximum atomic E-state index is 12.9. The Kier molecular flexibility index (Phi) is 6.95. The zero-order chi connectivity index (χ0) is 25.1. The van der Waals surface area contributed by atoms with Gasteiger partial charge < -0.3 is 20.6 Å². The predicted octanol–water partition coefficient (Wildman–Crippen LogP) is 3.14. The van der Waals surface area contributed by atoms with E-state index in [1.165, 1.54) is 0 Å². The highest BCUT2D eigenvalue weighted by atomic mass is 16.3. The Labute approximate surface area is 210 Å². The molecule has 1 aromatic carbocycles. The van der Waals surface area contributed by atoms with E-state index in [1.54, 1.807) is 30.7 Å². The number of carbonyl (C=O) groups is 2. The third kappa shape index (κ3) is 5.09. The number of pyridine rings is 2. The van der Waals surface area contributed by atoms with E-state index in [9.17, 15) is 14.7 Å². The summed E-state index contributed by atoms with van der Waals surface area (Å²) in [5, 5.41) is 15.5. The number of piperidine rings is 1. The fourth-order valence-electron chi connectivity index (χ4n) is 5.47. The van der Waals surface area contributed by atoms with E-state index in [1.807, 2.05) is 37.3 Å². The number of fused-ring (bicyclic) bond motifs is 2. The number of aliphatic hydroxyl groups excluding tert-OH is 1. The first-order valence-electron chi connectivity index (χ1n) is 12.4. The van der Waals surface area contributed by atoms with Gasteiger partial charge in [0.2, 0.25) is 0 Å². The molecule has 5 rings (SSSR count). The summed E-state index contributed by atoms with van der Waals surface area (Å²) in [5.74, 6) is 0.658. The number of nitrogens with one attached hydrogen (secondary N) is 2. The molecule has 2 saturated heterocycles. The molecular formula is C28H31N5O3. The average molecular weight is 486 g/mol. The minimum atomic E-state index is -0.162. The molecule has 2 bridgehead atoms. The van der Waals surface area contributed by atoms with E-state index in [-0.39, 0.29) is 24.5 Å². The fourth-order valence-corrected chi connectivity index (χ4v) is 5.47. The van der Waals surface area contributed by atoms with Crippen LogP contribution in [0.15, 0.2) is 61.1 Å². The molecule has 186 valence electrons. The van der Waals surface area contributed by atoms with Crippen LogP contribution >= 0.6 is 0 Å². The zero-order valence-electron chi connectivity index (χ0n) is 20.4. The Morgan fingerprint density at radius 2 is 1.83 bits per heavy atom. The van der Waals surface area contributed by atoms with Crippen molar-refractivity contribution >= 4 is 17.6 Å². The third-order valence-electron chi connectivity index (χ3n) is 7.24. The quantitative estimate of drug-likeness (QED) is 0.475. The first-order chi connectivity index (χ1) is 17.5. The van der Waals surface area contributed by atoms with Crippen LogP contribution < -0.4 is 15.5 Å². The monoisotopic (exact) mass is 485 g/mol. The van der Waals surface area contributed by atoms with Gasteiger partial charge in [0.15, 0.2) is 0 Å². The lowest BCUT2D eigenvalue weighted by molar-refractivity contribution is 0.0924. The van der Waals surface area contributed by atoms with Crippen molar-refractivity contribution in [2.75, 3.05) is 4.90 Å². The number of amides is 2. The van der Waals surface area contributed by atoms with Crippen LogP contribution in [0.25, 0.3) is 0 Å². The fraction of sp³-hybridized carbons (Fsp3) is 0.357. The number of benzene rings is 1. The van der Waals surface area contributed by atoms with E-state index >= 15 is 0 Å². The Balaban J connectivity index is 1.19. The maximum absolute atomic E-state index is 12.9. The molecule has 1 unspecified atom stereocenters. The number of rotatable bonds is 7. The molecule has 2 fully saturated rings. The molecule has 3 aromatic rings. The van der Waals surface area contributed by atoms with Crippen LogP contribution in [0, 0.1) is 6.92 Å². The van der Waals surface area contributed by atoms with Crippen molar-refractivity contribution in [1.82, 2.24) is 20.6 Å². The first kappa shape index (κ1) is 23.9. The number of aryl methyl sites for hydroxylation is 1. The van der Waals surface area contributed by atoms with Crippen LogP contribution in [0.2, 0.25) is 0 Å². The summed E-state index contributed by atoms with van der Waals surface area (Å²) in [6.45, 7) is 2.29. The normalized spacial score (nSPS) is 20.7. The minimum Gasteiger partial charge on any atom is -0.392 e. The molecule has 2 amide bonds. The Morgan fingerprint density at radius 3 is 2.47 bits per heavy atom. The number of aromatic nitrogens is 2. The number of anilines is 1. The summed E-state index contributed by atoms with van der Waals surface area (Å²) >= 11 is 0. The largest absolute Gasteiger partial charge is 0.392 e. The van der Waals surface area contributed by atoms with Gasteiger partial charge in [0.1, 0.15) is 5.82 Å². The van der Waals surface area contributed by atoms with Gasteiger partial charge in [-0.25, -0.2) is 4.98 Å². The zero-order valence-corrected chi connectivity index (χ0v) is 20.4. The first-order valence-corrected chi connectivity index (χ1v) is 12.4. The van der Waals surface area contributed by atoms with Crippen molar-refractivity contribution in [2.24, 2.45) is 0 Å². The van der Waals surface area contributed by atoms with Crippen LogP contribution in [-0.2, 0) is 13.2 Å². The number of nitrogens with zero attached hydrogens (tertiary/aromatic N) is 3. The highest BCUT2D eigenvalue weighted by Crippen LogP contribution is 2.38.